The largest absolute Gasteiger partial charge is 0.497 e. The van der Waals surface area contributed by atoms with Crippen molar-refractivity contribution in [3.8, 4) is 5.75 Å². The zero-order valence-corrected chi connectivity index (χ0v) is 13.4. The molecule has 1 heterocycles. The van der Waals surface area contributed by atoms with Gasteiger partial charge in [0.15, 0.2) is 0 Å². The van der Waals surface area contributed by atoms with E-state index in [0.717, 1.165) is 11.3 Å². The second kappa shape index (κ2) is 6.95. The Labute approximate surface area is 134 Å². The summed E-state index contributed by atoms with van der Waals surface area (Å²) in [5.41, 5.74) is 7.43. The Hall–Kier alpha value is -2.83. The third kappa shape index (κ3) is 3.88. The SMILES string of the molecule is COc1ccc(CNC(=O)Cn2c(N)nc(C)c(C)c2=O)cc1. The minimum absolute atomic E-state index is 0.0395. The lowest BCUT2D eigenvalue weighted by Crippen LogP contribution is -2.35. The van der Waals surface area contributed by atoms with Crippen LogP contribution < -0.4 is 21.3 Å². The maximum absolute atomic E-state index is 12.1. The normalized spacial score (nSPS) is 10.4. The van der Waals surface area contributed by atoms with Gasteiger partial charge in [-0.2, -0.15) is 0 Å². The van der Waals surface area contributed by atoms with Gasteiger partial charge in [0.05, 0.1) is 7.11 Å². The van der Waals surface area contributed by atoms with E-state index in [0.29, 0.717) is 17.8 Å². The summed E-state index contributed by atoms with van der Waals surface area (Å²) in [6.45, 7) is 3.57. The number of amides is 1. The van der Waals surface area contributed by atoms with Gasteiger partial charge in [0, 0.05) is 17.8 Å². The quantitative estimate of drug-likeness (QED) is 0.848. The van der Waals surface area contributed by atoms with E-state index in [-0.39, 0.29) is 24.0 Å². The number of benzene rings is 1. The lowest BCUT2D eigenvalue weighted by atomic mass is 10.2. The molecule has 122 valence electrons. The summed E-state index contributed by atoms with van der Waals surface area (Å²) in [7, 11) is 1.59. The molecule has 23 heavy (non-hydrogen) atoms. The van der Waals surface area contributed by atoms with Gasteiger partial charge < -0.3 is 15.8 Å². The molecule has 7 nitrogen and oxygen atoms in total. The summed E-state index contributed by atoms with van der Waals surface area (Å²) >= 11 is 0. The number of aromatic nitrogens is 2. The van der Waals surface area contributed by atoms with Crippen LogP contribution in [0.1, 0.15) is 16.8 Å². The van der Waals surface area contributed by atoms with E-state index >= 15 is 0 Å². The number of nitrogens with zero attached hydrogens (tertiary/aromatic N) is 2. The molecule has 2 rings (SSSR count). The van der Waals surface area contributed by atoms with Crippen LogP contribution in [0.4, 0.5) is 5.95 Å². The highest BCUT2D eigenvalue weighted by Crippen LogP contribution is 2.11. The van der Waals surface area contributed by atoms with E-state index in [1.807, 2.05) is 24.3 Å². The van der Waals surface area contributed by atoms with Crippen LogP contribution in [0.15, 0.2) is 29.1 Å². The van der Waals surface area contributed by atoms with Gasteiger partial charge >= 0.3 is 0 Å². The summed E-state index contributed by atoms with van der Waals surface area (Å²) in [5, 5.41) is 2.75. The van der Waals surface area contributed by atoms with E-state index in [4.69, 9.17) is 10.5 Å². The molecule has 1 amide bonds. The Morgan fingerprint density at radius 1 is 1.30 bits per heavy atom. The van der Waals surface area contributed by atoms with Gasteiger partial charge in [-0.1, -0.05) is 12.1 Å². The number of nitrogen functional groups attached to an aromatic ring is 1. The van der Waals surface area contributed by atoms with Crippen LogP contribution in [0.5, 0.6) is 5.75 Å². The molecule has 0 saturated heterocycles. The number of hydrogen-bond acceptors (Lipinski definition) is 5. The molecule has 2 aromatic rings. The number of carbonyl (C=O) groups excluding carboxylic acids is 1. The van der Waals surface area contributed by atoms with Gasteiger partial charge in [-0.15, -0.1) is 0 Å². The van der Waals surface area contributed by atoms with Crippen LogP contribution in [-0.2, 0) is 17.9 Å². The van der Waals surface area contributed by atoms with Gasteiger partial charge in [0.25, 0.3) is 5.56 Å². The first-order chi connectivity index (χ1) is 10.9. The number of nitrogens with one attached hydrogen (secondary N) is 1. The molecule has 0 atom stereocenters. The first kappa shape index (κ1) is 16.5. The second-order valence-corrected chi connectivity index (χ2v) is 5.20. The maximum Gasteiger partial charge on any atom is 0.258 e. The van der Waals surface area contributed by atoms with E-state index in [1.54, 1.807) is 21.0 Å². The van der Waals surface area contributed by atoms with Crippen molar-refractivity contribution >= 4 is 11.9 Å². The van der Waals surface area contributed by atoms with Gasteiger partial charge in [0.2, 0.25) is 11.9 Å². The minimum atomic E-state index is -0.306. The van der Waals surface area contributed by atoms with Gasteiger partial charge in [0.1, 0.15) is 12.3 Å². The zero-order valence-electron chi connectivity index (χ0n) is 13.4. The topological polar surface area (TPSA) is 99.2 Å². The summed E-state index contributed by atoms with van der Waals surface area (Å²) in [6, 6.07) is 7.35. The Morgan fingerprint density at radius 3 is 2.57 bits per heavy atom. The van der Waals surface area contributed by atoms with E-state index in [2.05, 4.69) is 10.3 Å². The van der Waals surface area contributed by atoms with Crippen molar-refractivity contribution in [1.29, 1.82) is 0 Å². The van der Waals surface area contributed by atoms with E-state index < -0.39 is 0 Å². The van der Waals surface area contributed by atoms with E-state index in [1.165, 1.54) is 4.57 Å². The highest BCUT2D eigenvalue weighted by atomic mass is 16.5. The van der Waals surface area contributed by atoms with Gasteiger partial charge in [-0.3, -0.25) is 14.2 Å². The zero-order chi connectivity index (χ0) is 17.0. The molecular weight excluding hydrogens is 296 g/mol. The van der Waals surface area contributed by atoms with Crippen molar-refractivity contribution < 1.29 is 9.53 Å². The molecule has 0 aliphatic heterocycles. The van der Waals surface area contributed by atoms with Crippen LogP contribution >= 0.6 is 0 Å². The monoisotopic (exact) mass is 316 g/mol. The summed E-state index contributed by atoms with van der Waals surface area (Å²) in [6.07, 6.45) is 0. The molecule has 0 aliphatic rings. The molecule has 1 aromatic carbocycles. The predicted octanol–water partition coefficient (Wildman–Crippen LogP) is 0.767. The molecular formula is C16H20N4O3. The minimum Gasteiger partial charge on any atom is -0.497 e. The first-order valence-electron chi connectivity index (χ1n) is 7.15. The summed E-state index contributed by atoms with van der Waals surface area (Å²) in [4.78, 5) is 28.2. The molecule has 0 spiro atoms. The van der Waals surface area contributed by atoms with Crippen molar-refractivity contribution in [3.05, 3.63) is 51.4 Å². The molecule has 0 bridgehead atoms. The lowest BCUT2D eigenvalue weighted by Gasteiger charge is -2.11. The number of ether oxygens (including phenoxy) is 1. The Kier molecular flexibility index (Phi) is 5.00. The van der Waals surface area contributed by atoms with Crippen molar-refractivity contribution in [2.24, 2.45) is 0 Å². The number of rotatable bonds is 5. The molecule has 0 aliphatic carbocycles. The summed E-state index contributed by atoms with van der Waals surface area (Å²) in [5.74, 6) is 0.484. The number of hydrogen-bond donors (Lipinski definition) is 2. The smallest absolute Gasteiger partial charge is 0.258 e. The fraction of sp³-hybridized carbons (Fsp3) is 0.312. The number of anilines is 1. The highest BCUT2D eigenvalue weighted by Gasteiger charge is 2.12. The van der Waals surface area contributed by atoms with Crippen LogP contribution in [0.25, 0.3) is 0 Å². The number of nitrogens with two attached hydrogens (primary N) is 1. The van der Waals surface area contributed by atoms with Crippen LogP contribution in [-0.4, -0.2) is 22.6 Å². The first-order valence-corrected chi connectivity index (χ1v) is 7.15. The highest BCUT2D eigenvalue weighted by molar-refractivity contribution is 5.76. The number of carbonyl (C=O) groups is 1. The standard InChI is InChI=1S/C16H20N4O3/c1-10-11(2)19-16(17)20(15(10)22)9-14(21)18-8-12-4-6-13(23-3)7-5-12/h4-7H,8-9H2,1-3H3,(H2,17,19)(H,18,21). The van der Waals surface area contributed by atoms with Crippen molar-refractivity contribution in [1.82, 2.24) is 14.9 Å². The van der Waals surface area contributed by atoms with Crippen molar-refractivity contribution in [2.75, 3.05) is 12.8 Å². The Bertz CT molecular complexity index is 766. The van der Waals surface area contributed by atoms with Gasteiger partial charge in [-0.25, -0.2) is 4.98 Å². The fourth-order valence-electron chi connectivity index (χ4n) is 2.07. The third-order valence-electron chi connectivity index (χ3n) is 3.62. The van der Waals surface area contributed by atoms with Crippen LogP contribution in [0.3, 0.4) is 0 Å². The molecule has 0 radical (unpaired) electrons. The average Bonchev–Trinajstić information content (AvgIpc) is 2.55. The van der Waals surface area contributed by atoms with Crippen LogP contribution in [0, 0.1) is 13.8 Å². The fourth-order valence-corrected chi connectivity index (χ4v) is 2.07. The molecule has 1 aromatic heterocycles. The maximum atomic E-state index is 12.1. The molecule has 0 unspecified atom stereocenters. The predicted molar refractivity (Wildman–Crippen MR) is 87.2 cm³/mol. The third-order valence-corrected chi connectivity index (χ3v) is 3.62. The number of methoxy groups -OCH3 is 1. The Balaban J connectivity index is 2.02. The Morgan fingerprint density at radius 2 is 1.96 bits per heavy atom. The lowest BCUT2D eigenvalue weighted by molar-refractivity contribution is -0.121. The molecule has 0 saturated carbocycles. The molecule has 0 fully saturated rings. The average molecular weight is 316 g/mol. The van der Waals surface area contributed by atoms with E-state index in [9.17, 15) is 9.59 Å². The van der Waals surface area contributed by atoms with Crippen molar-refractivity contribution in [3.63, 3.8) is 0 Å². The van der Waals surface area contributed by atoms with Gasteiger partial charge in [-0.05, 0) is 31.5 Å². The number of aryl methyl sites for hydroxylation is 1. The van der Waals surface area contributed by atoms with Crippen molar-refractivity contribution in [2.45, 2.75) is 26.9 Å². The molecule has 7 heteroatoms. The molecule has 3 N–H and O–H groups in total. The summed E-state index contributed by atoms with van der Waals surface area (Å²) < 4.78 is 6.25. The second-order valence-electron chi connectivity index (χ2n) is 5.20. The van der Waals surface area contributed by atoms with Crippen LogP contribution in [0.2, 0.25) is 0 Å².